The van der Waals surface area contributed by atoms with Gasteiger partial charge < -0.3 is 45.5 Å². The zero-order valence-electron chi connectivity index (χ0n) is 29.2. The van der Waals surface area contributed by atoms with E-state index in [0.29, 0.717) is 17.2 Å². The van der Waals surface area contributed by atoms with Crippen LogP contribution in [0.4, 0.5) is 0 Å². The van der Waals surface area contributed by atoms with Crippen LogP contribution in [0.15, 0.2) is 91.0 Å². The molecule has 42 heavy (non-hydrogen) atoms. The molecule has 0 fully saturated rings. The van der Waals surface area contributed by atoms with Crippen LogP contribution in [-0.4, -0.2) is 50.5 Å². The number of para-hydroxylation sites is 3. The van der Waals surface area contributed by atoms with Gasteiger partial charge in [-0.05, 0) is 57.2 Å². The normalized spacial score (nSPS) is 6.43. The standard InChI is InChI=1S/3C6H6O.C3H8.3C2H6O.3C2H6.2CH3.Y/c3*7-6-4-2-1-3-5-6;1-3-2;3*1-2-3;3*1-2;;;/h3*1-5,7H;3H2,1-2H3;3*3H,2H2,1H3;3*1-2H3;2*1H3;/q;;;;;;;;;;2*-1;. The number of benzene rings is 3. The van der Waals surface area contributed by atoms with Gasteiger partial charge in [-0.1, -0.05) is 116 Å². The second-order valence-corrected chi connectivity index (χ2v) is 5.66. The molecule has 0 aliphatic carbocycles. The van der Waals surface area contributed by atoms with Gasteiger partial charge in [0, 0.05) is 52.5 Å². The van der Waals surface area contributed by atoms with E-state index in [1.54, 1.807) is 93.6 Å². The van der Waals surface area contributed by atoms with E-state index in [9.17, 15) is 0 Å². The molecule has 0 aliphatic rings. The van der Waals surface area contributed by atoms with E-state index in [1.807, 2.05) is 59.7 Å². The van der Waals surface area contributed by atoms with Crippen molar-refractivity contribution < 1.29 is 63.3 Å². The fraction of sp³-hybridized carbons (Fsp3) is 0.429. The molecular weight excluding hydrogens is 605 g/mol. The number of phenolic OH excluding ortho intramolecular Hbond substituents is 3. The Labute approximate surface area is 287 Å². The molecule has 3 rings (SSSR count). The van der Waals surface area contributed by atoms with Gasteiger partial charge in [-0.25, -0.2) is 0 Å². The maximum absolute atomic E-state index is 8.63. The molecule has 7 heteroatoms. The maximum Gasteiger partial charge on any atom is 0.115 e. The number of phenols is 3. The van der Waals surface area contributed by atoms with Crippen molar-refractivity contribution in [2.75, 3.05) is 19.8 Å². The fourth-order valence-corrected chi connectivity index (χ4v) is 1.28. The Bertz CT molecular complexity index is 561. The molecule has 3 aromatic rings. The van der Waals surface area contributed by atoms with Crippen molar-refractivity contribution in [3.63, 3.8) is 0 Å². The first-order chi connectivity index (χ1) is 18.8. The largest absolute Gasteiger partial charge is 0.508 e. The summed E-state index contributed by atoms with van der Waals surface area (Å²) in [5.74, 6) is 0.965. The van der Waals surface area contributed by atoms with Gasteiger partial charge in [0.1, 0.15) is 17.2 Å². The van der Waals surface area contributed by atoms with E-state index in [0.717, 1.165) is 0 Å². The Balaban J connectivity index is -0.0000000352. The van der Waals surface area contributed by atoms with Crippen LogP contribution >= 0.6 is 0 Å². The molecule has 0 aliphatic heterocycles. The number of hydrogen-bond donors (Lipinski definition) is 6. The van der Waals surface area contributed by atoms with Crippen LogP contribution in [0.3, 0.4) is 0 Å². The molecule has 0 aromatic heterocycles. The topological polar surface area (TPSA) is 121 Å². The number of hydrogen-bond acceptors (Lipinski definition) is 6. The van der Waals surface area contributed by atoms with Crippen LogP contribution in [-0.2, 0) is 32.7 Å². The molecule has 6 nitrogen and oxygen atoms in total. The first-order valence-electron chi connectivity index (χ1n) is 13.9. The molecule has 0 bridgehead atoms. The maximum atomic E-state index is 8.63. The minimum absolute atomic E-state index is 0. The van der Waals surface area contributed by atoms with Gasteiger partial charge in [-0.3, -0.25) is 0 Å². The molecule has 6 N–H and O–H groups in total. The SMILES string of the molecule is CC.CC.CC.CCC.CCO.CCO.CCO.Oc1ccccc1.Oc1ccccc1.Oc1ccccc1.[CH3-].[CH3-].[Y]. The monoisotopic (exact) mass is 673 g/mol. The van der Waals surface area contributed by atoms with Crippen molar-refractivity contribution >= 4 is 0 Å². The Hall–Kier alpha value is -1.96. The summed E-state index contributed by atoms with van der Waals surface area (Å²) in [4.78, 5) is 0. The molecule has 1 radical (unpaired) electrons. The van der Waals surface area contributed by atoms with E-state index >= 15 is 0 Å². The summed E-state index contributed by atoms with van der Waals surface area (Å²) in [6.07, 6.45) is 1.25. The summed E-state index contributed by atoms with van der Waals surface area (Å²) in [6.45, 7) is 22.0. The van der Waals surface area contributed by atoms with Crippen molar-refractivity contribution in [1.29, 1.82) is 0 Å². The summed E-state index contributed by atoms with van der Waals surface area (Å²) in [5.41, 5.74) is 0. The van der Waals surface area contributed by atoms with Crippen LogP contribution < -0.4 is 0 Å². The van der Waals surface area contributed by atoms with E-state index in [4.69, 9.17) is 30.6 Å². The smallest absolute Gasteiger partial charge is 0.115 e. The van der Waals surface area contributed by atoms with Crippen LogP contribution in [0.2, 0.25) is 0 Å². The van der Waals surface area contributed by atoms with Gasteiger partial charge in [0.25, 0.3) is 0 Å². The zero-order valence-corrected chi connectivity index (χ0v) is 32.1. The van der Waals surface area contributed by atoms with Crippen molar-refractivity contribution in [3.8, 4) is 17.2 Å². The van der Waals surface area contributed by atoms with Crippen LogP contribution in [0, 0.1) is 14.9 Å². The minimum Gasteiger partial charge on any atom is -0.508 e. The van der Waals surface area contributed by atoms with Gasteiger partial charge in [0.05, 0.1) is 0 Å². The fourth-order valence-electron chi connectivity index (χ4n) is 1.28. The molecule has 0 saturated carbocycles. The number of aliphatic hydroxyl groups excluding tert-OH is 3. The summed E-state index contributed by atoms with van der Waals surface area (Å²) in [7, 11) is 0. The average molecular weight is 674 g/mol. The van der Waals surface area contributed by atoms with Crippen LogP contribution in [0.25, 0.3) is 0 Å². The molecule has 3 aromatic carbocycles. The molecular formula is C35H68O6Y-2. The summed E-state index contributed by atoms with van der Waals surface area (Å²) in [6, 6.07) is 26.1. The molecule has 0 heterocycles. The van der Waals surface area contributed by atoms with Crippen molar-refractivity contribution in [2.45, 2.75) is 82.6 Å². The van der Waals surface area contributed by atoms with Crippen molar-refractivity contribution in [3.05, 3.63) is 106 Å². The quantitative estimate of drug-likeness (QED) is 0.132. The number of rotatable bonds is 0. The molecule has 0 unspecified atom stereocenters. The van der Waals surface area contributed by atoms with Gasteiger partial charge in [0.2, 0.25) is 0 Å². The van der Waals surface area contributed by atoms with Crippen LogP contribution in [0.5, 0.6) is 17.2 Å². The summed E-state index contributed by atoms with van der Waals surface area (Å²) < 4.78 is 0. The number of aliphatic hydroxyl groups is 3. The molecule has 0 spiro atoms. The third kappa shape index (κ3) is 107. The van der Waals surface area contributed by atoms with Crippen LogP contribution in [0.1, 0.15) is 82.6 Å². The average Bonchev–Trinajstić information content (AvgIpc) is 2.96. The first kappa shape index (κ1) is 67.6. The van der Waals surface area contributed by atoms with Gasteiger partial charge in [-0.2, -0.15) is 0 Å². The third-order valence-corrected chi connectivity index (χ3v) is 2.27. The van der Waals surface area contributed by atoms with E-state index in [1.165, 1.54) is 6.42 Å². The minimum atomic E-state index is 0. The second kappa shape index (κ2) is 83.3. The Kier molecular flexibility index (Phi) is 134. The Morgan fingerprint density at radius 3 is 0.524 bits per heavy atom. The second-order valence-electron chi connectivity index (χ2n) is 5.66. The summed E-state index contributed by atoms with van der Waals surface area (Å²) in [5, 5.41) is 48.6. The molecule has 0 amide bonds. The predicted molar refractivity (Wildman–Crippen MR) is 185 cm³/mol. The van der Waals surface area contributed by atoms with E-state index in [-0.39, 0.29) is 67.4 Å². The predicted octanol–water partition coefficient (Wildman–Crippen LogP) is 9.57. The molecule has 249 valence electrons. The first-order valence-corrected chi connectivity index (χ1v) is 13.9. The van der Waals surface area contributed by atoms with Gasteiger partial charge in [0.15, 0.2) is 0 Å². The Morgan fingerprint density at radius 2 is 0.476 bits per heavy atom. The number of aromatic hydroxyl groups is 3. The van der Waals surface area contributed by atoms with E-state index in [2.05, 4.69) is 13.8 Å². The van der Waals surface area contributed by atoms with Gasteiger partial charge in [-0.15, -0.1) is 0 Å². The van der Waals surface area contributed by atoms with E-state index < -0.39 is 0 Å². The van der Waals surface area contributed by atoms with Crippen molar-refractivity contribution in [1.82, 2.24) is 0 Å². The zero-order chi connectivity index (χ0) is 32.2. The third-order valence-electron chi connectivity index (χ3n) is 2.27. The molecule has 0 atom stereocenters. The van der Waals surface area contributed by atoms with Gasteiger partial charge >= 0.3 is 0 Å². The van der Waals surface area contributed by atoms with Crippen molar-refractivity contribution in [2.24, 2.45) is 0 Å². The Morgan fingerprint density at radius 1 is 0.381 bits per heavy atom. The summed E-state index contributed by atoms with van der Waals surface area (Å²) >= 11 is 0. The molecule has 0 saturated heterocycles.